The minimum absolute atomic E-state index is 0.0168. The SMILES string of the molecule is Cn1nc2cccc(-c3cccc(O[C@H]4C[C@@H](C(=O)O)N(C(=O)O)C4)n3)c2c1CCCN1C(=O)c2ccccc2C1=O. The summed E-state index contributed by atoms with van der Waals surface area (Å²) in [6.07, 6.45) is -0.858. The Bertz CT molecular complexity index is 1690. The van der Waals surface area contributed by atoms with Crippen molar-refractivity contribution < 1.29 is 34.1 Å². The van der Waals surface area contributed by atoms with Gasteiger partial charge in [-0.2, -0.15) is 5.10 Å². The third-order valence-corrected chi connectivity index (χ3v) is 7.73. The van der Waals surface area contributed by atoms with Crippen LogP contribution in [-0.2, 0) is 18.3 Å². The summed E-state index contributed by atoms with van der Waals surface area (Å²) < 4.78 is 7.74. The van der Waals surface area contributed by atoms with E-state index in [4.69, 9.17) is 4.74 Å². The van der Waals surface area contributed by atoms with Gasteiger partial charge in [0, 0.05) is 42.7 Å². The van der Waals surface area contributed by atoms with E-state index in [1.54, 1.807) is 41.1 Å². The van der Waals surface area contributed by atoms with Crippen LogP contribution in [0.1, 0.15) is 39.3 Å². The van der Waals surface area contributed by atoms with E-state index in [0.717, 1.165) is 27.1 Å². The number of imide groups is 1. The number of rotatable bonds is 8. The molecule has 0 saturated carbocycles. The molecule has 2 N–H and O–H groups in total. The second-order valence-corrected chi connectivity index (χ2v) is 10.3. The molecule has 4 aromatic rings. The molecule has 3 amide bonds. The highest BCUT2D eigenvalue weighted by molar-refractivity contribution is 6.21. The topological polar surface area (TPSA) is 155 Å². The lowest BCUT2D eigenvalue weighted by Crippen LogP contribution is -2.39. The Balaban J connectivity index is 1.22. The van der Waals surface area contributed by atoms with Crippen LogP contribution in [0, 0.1) is 0 Å². The summed E-state index contributed by atoms with van der Waals surface area (Å²) in [5, 5.41) is 24.3. The molecule has 4 heterocycles. The number of carbonyl (C=O) groups is 4. The van der Waals surface area contributed by atoms with Crippen LogP contribution in [0.2, 0.25) is 0 Å². The lowest BCUT2D eigenvalue weighted by molar-refractivity contribution is -0.141. The van der Waals surface area contributed by atoms with E-state index in [-0.39, 0.29) is 37.2 Å². The number of hydrogen-bond donors (Lipinski definition) is 2. The van der Waals surface area contributed by atoms with Crippen molar-refractivity contribution in [2.45, 2.75) is 31.4 Å². The highest BCUT2D eigenvalue weighted by Crippen LogP contribution is 2.32. The Hall–Kier alpha value is -5.26. The van der Waals surface area contributed by atoms with Crippen LogP contribution in [0.5, 0.6) is 5.88 Å². The summed E-state index contributed by atoms with van der Waals surface area (Å²) in [5.41, 5.74) is 3.95. The smallest absolute Gasteiger partial charge is 0.408 e. The minimum atomic E-state index is -1.31. The van der Waals surface area contributed by atoms with Gasteiger partial charge < -0.3 is 14.9 Å². The van der Waals surface area contributed by atoms with E-state index in [0.29, 0.717) is 29.7 Å². The number of likely N-dealkylation sites (tertiary alicyclic amines) is 1. The number of benzene rings is 2. The number of pyridine rings is 1. The van der Waals surface area contributed by atoms with Crippen molar-refractivity contribution >= 4 is 34.8 Å². The van der Waals surface area contributed by atoms with Gasteiger partial charge >= 0.3 is 12.1 Å². The maximum absolute atomic E-state index is 12.8. The quantitative estimate of drug-likeness (QED) is 0.304. The predicted molar refractivity (Wildman–Crippen MR) is 149 cm³/mol. The first-order valence-corrected chi connectivity index (χ1v) is 13.5. The second-order valence-electron chi connectivity index (χ2n) is 10.3. The summed E-state index contributed by atoms with van der Waals surface area (Å²) in [7, 11) is 1.85. The molecule has 0 aliphatic carbocycles. The van der Waals surface area contributed by atoms with E-state index in [1.165, 1.54) is 4.90 Å². The third-order valence-electron chi connectivity index (χ3n) is 7.73. The van der Waals surface area contributed by atoms with Crippen LogP contribution >= 0.6 is 0 Å². The Morgan fingerprint density at radius 2 is 1.64 bits per heavy atom. The molecule has 12 nitrogen and oxygen atoms in total. The highest BCUT2D eigenvalue weighted by atomic mass is 16.5. The number of nitrogens with zero attached hydrogens (tertiary/aromatic N) is 5. The Kier molecular flexibility index (Phi) is 6.81. The second kappa shape index (κ2) is 10.6. The summed E-state index contributed by atoms with van der Waals surface area (Å²) in [6, 6.07) is 16.6. The average Bonchev–Trinajstić information content (AvgIpc) is 3.62. The Morgan fingerprint density at radius 3 is 2.31 bits per heavy atom. The van der Waals surface area contributed by atoms with Gasteiger partial charge in [0.05, 0.1) is 28.9 Å². The van der Waals surface area contributed by atoms with Crippen LogP contribution < -0.4 is 4.74 Å². The van der Waals surface area contributed by atoms with Gasteiger partial charge in [-0.05, 0) is 37.1 Å². The lowest BCUT2D eigenvalue weighted by Gasteiger charge is -2.16. The highest BCUT2D eigenvalue weighted by Gasteiger charge is 2.41. The van der Waals surface area contributed by atoms with Crippen molar-refractivity contribution in [2.75, 3.05) is 13.1 Å². The molecule has 0 radical (unpaired) electrons. The molecule has 1 saturated heterocycles. The maximum Gasteiger partial charge on any atom is 0.408 e. The molecule has 2 aromatic carbocycles. The van der Waals surface area contributed by atoms with Crippen molar-refractivity contribution in [3.8, 4) is 17.1 Å². The minimum Gasteiger partial charge on any atom is -0.480 e. The first-order chi connectivity index (χ1) is 20.2. The average molecular weight is 570 g/mol. The number of aliphatic carboxylic acids is 1. The van der Waals surface area contributed by atoms with Crippen molar-refractivity contribution in [1.82, 2.24) is 24.6 Å². The van der Waals surface area contributed by atoms with Gasteiger partial charge in [-0.15, -0.1) is 0 Å². The number of carboxylic acid groups (broad SMARTS) is 2. The van der Waals surface area contributed by atoms with Gasteiger partial charge in [-0.3, -0.25) is 24.1 Å². The summed E-state index contributed by atoms with van der Waals surface area (Å²) in [4.78, 5) is 55.4. The summed E-state index contributed by atoms with van der Waals surface area (Å²) >= 11 is 0. The van der Waals surface area contributed by atoms with Gasteiger partial charge in [0.2, 0.25) is 5.88 Å². The van der Waals surface area contributed by atoms with Gasteiger partial charge in [0.15, 0.2) is 0 Å². The van der Waals surface area contributed by atoms with Crippen LogP contribution in [0.4, 0.5) is 4.79 Å². The first kappa shape index (κ1) is 26.9. The zero-order valence-electron chi connectivity index (χ0n) is 22.6. The van der Waals surface area contributed by atoms with Crippen molar-refractivity contribution in [3.05, 3.63) is 77.5 Å². The number of amides is 3. The Labute approximate surface area is 239 Å². The molecule has 2 atom stereocenters. The largest absolute Gasteiger partial charge is 0.480 e. The molecule has 2 aromatic heterocycles. The predicted octanol–water partition coefficient (Wildman–Crippen LogP) is 3.45. The molecule has 0 spiro atoms. The van der Waals surface area contributed by atoms with Gasteiger partial charge in [-0.1, -0.05) is 30.3 Å². The monoisotopic (exact) mass is 569 g/mol. The fourth-order valence-electron chi connectivity index (χ4n) is 5.79. The molecular weight excluding hydrogens is 542 g/mol. The normalized spacial score (nSPS) is 18.1. The molecule has 0 bridgehead atoms. The van der Waals surface area contributed by atoms with E-state index in [9.17, 15) is 29.4 Å². The zero-order chi connectivity index (χ0) is 29.5. The lowest BCUT2D eigenvalue weighted by atomic mass is 10.0. The standard InChI is InChI=1S/C30H27N5O7/c1-33-23(12-6-14-34-27(36)18-7-2-3-8-19(18)28(34)37)26-20(9-4-11-22(26)32-33)21-10-5-13-25(31-21)42-17-15-24(29(38)39)35(16-17)30(40)41/h2-5,7-11,13,17,24H,6,12,14-16H2,1H3,(H,38,39)(H,40,41)/t17-,24-/m0/s1. The summed E-state index contributed by atoms with van der Waals surface area (Å²) in [6.45, 7) is 0.197. The van der Waals surface area contributed by atoms with Crippen molar-refractivity contribution in [2.24, 2.45) is 7.05 Å². The Morgan fingerprint density at radius 1 is 0.952 bits per heavy atom. The van der Waals surface area contributed by atoms with E-state index >= 15 is 0 Å². The van der Waals surface area contributed by atoms with Gasteiger partial charge in [0.1, 0.15) is 12.1 Å². The maximum atomic E-state index is 12.8. The molecule has 1 fully saturated rings. The molecule has 2 aliphatic rings. The number of carbonyl (C=O) groups excluding carboxylic acids is 2. The molecular formula is C30H27N5O7. The number of carboxylic acids is 1. The molecule has 42 heavy (non-hydrogen) atoms. The molecule has 12 heteroatoms. The van der Waals surface area contributed by atoms with Gasteiger partial charge in [0.25, 0.3) is 11.8 Å². The molecule has 0 unspecified atom stereocenters. The summed E-state index contributed by atoms with van der Waals surface area (Å²) in [5.74, 6) is -1.53. The van der Waals surface area contributed by atoms with Crippen molar-refractivity contribution in [1.29, 1.82) is 0 Å². The van der Waals surface area contributed by atoms with Crippen LogP contribution in [0.3, 0.4) is 0 Å². The number of hydrogen-bond acceptors (Lipinski definition) is 7. The number of ether oxygens (including phenoxy) is 1. The fraction of sp³-hybridized carbons (Fsp3) is 0.267. The number of aromatic nitrogens is 3. The van der Waals surface area contributed by atoms with E-state index < -0.39 is 24.2 Å². The van der Waals surface area contributed by atoms with Crippen LogP contribution in [0.15, 0.2) is 60.7 Å². The number of fused-ring (bicyclic) bond motifs is 2. The third kappa shape index (κ3) is 4.70. The van der Waals surface area contributed by atoms with Crippen LogP contribution in [-0.4, -0.2) is 83.9 Å². The van der Waals surface area contributed by atoms with Crippen LogP contribution in [0.25, 0.3) is 22.2 Å². The molecule has 214 valence electrons. The number of aryl methyl sites for hydroxylation is 2. The van der Waals surface area contributed by atoms with Gasteiger partial charge in [-0.25, -0.2) is 14.6 Å². The van der Waals surface area contributed by atoms with Crippen molar-refractivity contribution in [3.63, 3.8) is 0 Å². The molecule has 2 aliphatic heterocycles. The van der Waals surface area contributed by atoms with E-state index in [1.807, 2.05) is 31.3 Å². The van der Waals surface area contributed by atoms with E-state index in [2.05, 4.69) is 10.1 Å². The first-order valence-electron chi connectivity index (χ1n) is 13.5. The fourth-order valence-corrected chi connectivity index (χ4v) is 5.79. The molecule has 6 rings (SSSR count). The zero-order valence-corrected chi connectivity index (χ0v) is 22.6.